The van der Waals surface area contributed by atoms with Crippen LogP contribution >= 0.6 is 23.2 Å². The molecule has 5 nitrogen and oxygen atoms in total. The van der Waals surface area contributed by atoms with Gasteiger partial charge in [-0.25, -0.2) is 0 Å². The number of nitrogens with zero attached hydrogens (tertiary/aromatic N) is 1. The highest BCUT2D eigenvalue weighted by molar-refractivity contribution is 6.76. The number of alkyl halides is 3. The number of hydrogen-bond acceptors (Lipinski definition) is 4. The van der Waals surface area contributed by atoms with Gasteiger partial charge in [-0.3, -0.25) is 10.1 Å². The van der Waals surface area contributed by atoms with Crippen LogP contribution in [0.3, 0.4) is 0 Å². The molecule has 0 atom stereocenters. The van der Waals surface area contributed by atoms with Crippen LogP contribution in [0.4, 0.5) is 18.9 Å². The molecule has 2 aromatic carbocycles. The zero-order valence-corrected chi connectivity index (χ0v) is 17.6. The minimum absolute atomic E-state index is 0.0101. The van der Waals surface area contributed by atoms with Gasteiger partial charge in [0.05, 0.1) is 34.8 Å². The van der Waals surface area contributed by atoms with Crippen molar-refractivity contribution in [1.29, 1.82) is 0 Å². The Hall–Kier alpha value is -1.97. The Morgan fingerprint density at radius 1 is 1.11 bits per heavy atom. The molecule has 0 aliphatic rings. The van der Waals surface area contributed by atoms with Crippen LogP contribution in [-0.2, 0) is 6.18 Å². The second-order valence-electron chi connectivity index (χ2n) is 7.10. The average Bonchev–Trinajstić information content (AvgIpc) is 2.54. The number of nitro groups is 1. The summed E-state index contributed by atoms with van der Waals surface area (Å²) in [5.41, 5.74) is -1.27. The lowest BCUT2D eigenvalue weighted by molar-refractivity contribution is -0.385. The first-order chi connectivity index (χ1) is 12.8. The zero-order valence-electron chi connectivity index (χ0n) is 15.1. The van der Waals surface area contributed by atoms with Crippen LogP contribution in [0.25, 0.3) is 0 Å². The molecule has 0 saturated heterocycles. The van der Waals surface area contributed by atoms with Crippen molar-refractivity contribution in [3.63, 3.8) is 0 Å². The molecule has 0 amide bonds. The van der Waals surface area contributed by atoms with Gasteiger partial charge in [-0.05, 0) is 18.2 Å². The van der Waals surface area contributed by atoms with Crippen LogP contribution in [0.5, 0.6) is 17.2 Å². The fraction of sp³-hybridized carbons (Fsp3) is 0.294. The fourth-order valence-corrected chi connectivity index (χ4v) is 3.21. The van der Waals surface area contributed by atoms with E-state index in [9.17, 15) is 23.3 Å². The van der Waals surface area contributed by atoms with Gasteiger partial charge in [0, 0.05) is 12.1 Å². The molecule has 2 aromatic rings. The van der Waals surface area contributed by atoms with Crippen molar-refractivity contribution >= 4 is 37.0 Å². The van der Waals surface area contributed by atoms with Crippen LogP contribution in [0.2, 0.25) is 29.7 Å². The molecular weight excluding hydrogens is 438 g/mol. The first kappa shape index (κ1) is 22.3. The maximum Gasteiger partial charge on any atom is 0.416 e. The SMILES string of the molecule is C[Si](C)(C)COc1cc(Oc2c(Cl)cc(C(F)(F)F)cc2Cl)ccc1[N+](=O)[O-]. The molecule has 0 spiro atoms. The molecule has 0 aliphatic heterocycles. The van der Waals surface area contributed by atoms with Gasteiger partial charge in [0.1, 0.15) is 5.75 Å². The average molecular weight is 454 g/mol. The summed E-state index contributed by atoms with van der Waals surface area (Å²) in [6.07, 6.45) is -4.28. The van der Waals surface area contributed by atoms with Gasteiger partial charge in [-0.2, -0.15) is 13.2 Å². The quantitative estimate of drug-likeness (QED) is 0.269. The summed E-state index contributed by atoms with van der Waals surface area (Å²) in [6.45, 7) is 6.09. The first-order valence-corrected chi connectivity index (χ1v) is 12.4. The largest absolute Gasteiger partial charge is 0.491 e. The van der Waals surface area contributed by atoms with E-state index < -0.39 is 24.7 Å². The highest BCUT2D eigenvalue weighted by Crippen LogP contribution is 2.42. The highest BCUT2D eigenvalue weighted by Gasteiger charge is 2.32. The molecule has 0 fully saturated rings. The van der Waals surface area contributed by atoms with Gasteiger partial charge in [-0.1, -0.05) is 42.8 Å². The minimum atomic E-state index is -4.61. The molecule has 11 heteroatoms. The van der Waals surface area contributed by atoms with Crippen LogP contribution in [-0.4, -0.2) is 19.2 Å². The van der Waals surface area contributed by atoms with Crippen molar-refractivity contribution in [2.75, 3.05) is 6.23 Å². The van der Waals surface area contributed by atoms with Crippen LogP contribution in [0, 0.1) is 10.1 Å². The van der Waals surface area contributed by atoms with Crippen molar-refractivity contribution in [1.82, 2.24) is 0 Å². The maximum absolute atomic E-state index is 12.8. The Kier molecular flexibility index (Phi) is 6.52. The molecule has 0 aliphatic carbocycles. The number of rotatable bonds is 6. The second kappa shape index (κ2) is 8.18. The van der Waals surface area contributed by atoms with E-state index in [1.807, 2.05) is 19.6 Å². The Bertz CT molecular complexity index is 878. The van der Waals surface area contributed by atoms with Crippen LogP contribution < -0.4 is 9.47 Å². The van der Waals surface area contributed by atoms with Crippen molar-refractivity contribution in [3.8, 4) is 17.2 Å². The number of ether oxygens (including phenoxy) is 2. The number of nitro benzene ring substituents is 1. The third-order valence-electron chi connectivity index (χ3n) is 3.33. The number of halogens is 5. The van der Waals surface area contributed by atoms with Crippen molar-refractivity contribution in [2.45, 2.75) is 25.8 Å². The lowest BCUT2D eigenvalue weighted by Gasteiger charge is -2.17. The van der Waals surface area contributed by atoms with Crippen LogP contribution in [0.1, 0.15) is 5.56 Å². The van der Waals surface area contributed by atoms with Gasteiger partial charge in [0.2, 0.25) is 5.75 Å². The monoisotopic (exact) mass is 453 g/mol. The van der Waals surface area contributed by atoms with Crippen molar-refractivity contribution in [2.24, 2.45) is 0 Å². The standard InChI is InChI=1S/C17H16Cl2F3NO4Si/c1-28(2,3)9-26-15-8-11(4-5-14(15)23(24)25)27-16-12(18)6-10(7-13(16)19)17(20,21)22/h4-8H,9H2,1-3H3. The van der Waals surface area contributed by atoms with Crippen molar-refractivity contribution in [3.05, 3.63) is 56.1 Å². The summed E-state index contributed by atoms with van der Waals surface area (Å²) in [5.74, 6) is -0.120. The molecule has 152 valence electrons. The predicted molar refractivity (Wildman–Crippen MR) is 103 cm³/mol. The second-order valence-corrected chi connectivity index (χ2v) is 13.3. The number of benzene rings is 2. The third-order valence-corrected chi connectivity index (χ3v) is 4.91. The van der Waals surface area contributed by atoms with E-state index in [1.54, 1.807) is 0 Å². The first-order valence-electron chi connectivity index (χ1n) is 7.93. The molecule has 0 bridgehead atoms. The molecule has 0 saturated carbocycles. The molecule has 0 heterocycles. The number of hydrogen-bond donors (Lipinski definition) is 0. The molecule has 0 N–H and O–H groups in total. The minimum Gasteiger partial charge on any atom is -0.491 e. The van der Waals surface area contributed by atoms with E-state index in [4.69, 9.17) is 32.7 Å². The van der Waals surface area contributed by atoms with E-state index in [-0.39, 0.29) is 33.0 Å². The van der Waals surface area contributed by atoms with Gasteiger partial charge in [-0.15, -0.1) is 0 Å². The van der Waals surface area contributed by atoms with Gasteiger partial charge in [0.25, 0.3) is 0 Å². The summed E-state index contributed by atoms with van der Waals surface area (Å²) in [6, 6.07) is 5.13. The maximum atomic E-state index is 12.8. The lowest BCUT2D eigenvalue weighted by atomic mass is 10.2. The van der Waals surface area contributed by atoms with Gasteiger partial charge < -0.3 is 9.47 Å². The predicted octanol–water partition coefficient (Wildman–Crippen LogP) is 6.97. The normalized spacial score (nSPS) is 12.0. The fourth-order valence-electron chi connectivity index (χ4n) is 2.06. The van der Waals surface area contributed by atoms with E-state index in [0.29, 0.717) is 18.4 Å². The molecule has 28 heavy (non-hydrogen) atoms. The highest BCUT2D eigenvalue weighted by atomic mass is 35.5. The summed E-state index contributed by atoms with van der Waals surface area (Å²) in [5, 5.41) is 10.5. The topological polar surface area (TPSA) is 61.6 Å². The Morgan fingerprint density at radius 3 is 2.14 bits per heavy atom. The van der Waals surface area contributed by atoms with Crippen LogP contribution in [0.15, 0.2) is 30.3 Å². The molecule has 0 aromatic heterocycles. The molecule has 2 rings (SSSR count). The third kappa shape index (κ3) is 5.76. The Labute approximate surface area is 170 Å². The Balaban J connectivity index is 2.38. The van der Waals surface area contributed by atoms with Gasteiger partial charge >= 0.3 is 11.9 Å². The summed E-state index contributed by atoms with van der Waals surface area (Å²) in [7, 11) is -1.67. The summed E-state index contributed by atoms with van der Waals surface area (Å²) in [4.78, 5) is 10.6. The lowest BCUT2D eigenvalue weighted by Crippen LogP contribution is -2.30. The smallest absolute Gasteiger partial charge is 0.416 e. The zero-order chi connectivity index (χ0) is 21.3. The molecular formula is C17H16Cl2F3NO4Si. The Morgan fingerprint density at radius 2 is 1.68 bits per heavy atom. The summed E-state index contributed by atoms with van der Waals surface area (Å²) < 4.78 is 49.6. The van der Waals surface area contributed by atoms with E-state index in [2.05, 4.69) is 0 Å². The van der Waals surface area contributed by atoms with E-state index in [0.717, 1.165) is 0 Å². The molecule has 0 radical (unpaired) electrons. The van der Waals surface area contributed by atoms with E-state index >= 15 is 0 Å². The molecule has 0 unspecified atom stereocenters. The van der Waals surface area contributed by atoms with E-state index in [1.165, 1.54) is 18.2 Å². The van der Waals surface area contributed by atoms with Gasteiger partial charge in [0.15, 0.2) is 5.75 Å². The summed E-state index contributed by atoms with van der Waals surface area (Å²) >= 11 is 11.8. The van der Waals surface area contributed by atoms with Crippen molar-refractivity contribution < 1.29 is 27.6 Å².